The molecule has 1 amide bonds. The average molecular weight is 249 g/mol. The minimum atomic E-state index is -0.143. The Bertz CT molecular complexity index is 373. The molecule has 18 heavy (non-hydrogen) atoms. The lowest BCUT2D eigenvalue weighted by molar-refractivity contribution is -0.116. The Morgan fingerprint density at radius 2 is 2.06 bits per heavy atom. The minimum absolute atomic E-state index is 0.0449. The molecule has 0 atom stereocenters. The van der Waals surface area contributed by atoms with Crippen LogP contribution < -0.4 is 10.1 Å². The van der Waals surface area contributed by atoms with Crippen LogP contribution in [-0.2, 0) is 11.4 Å². The van der Waals surface area contributed by atoms with E-state index in [0.717, 1.165) is 24.2 Å². The summed E-state index contributed by atoms with van der Waals surface area (Å²) in [6, 6.07) is 7.34. The fourth-order valence-electron chi connectivity index (χ4n) is 1.39. The number of amides is 1. The number of carbonyl (C=O) groups excluding carboxylic acids is 1. The standard InChI is InChI=1S/C14H19NO3/c1-2-14(17)15-9-3-4-10-18-13-7-5-12(11-16)6-8-13/h2,5-8,16H,1,3-4,9-11H2,(H,15,17). The van der Waals surface area contributed by atoms with Crippen molar-refractivity contribution in [3.63, 3.8) is 0 Å². The van der Waals surface area contributed by atoms with Gasteiger partial charge in [-0.3, -0.25) is 4.79 Å². The Labute approximate surface area is 107 Å². The fourth-order valence-corrected chi connectivity index (χ4v) is 1.39. The molecule has 2 N–H and O–H groups in total. The van der Waals surface area contributed by atoms with Gasteiger partial charge >= 0.3 is 0 Å². The number of hydrogen-bond acceptors (Lipinski definition) is 3. The van der Waals surface area contributed by atoms with Gasteiger partial charge in [-0.2, -0.15) is 0 Å². The van der Waals surface area contributed by atoms with E-state index in [9.17, 15) is 4.79 Å². The number of aliphatic hydroxyl groups is 1. The van der Waals surface area contributed by atoms with Crippen molar-refractivity contribution >= 4 is 5.91 Å². The third kappa shape index (κ3) is 5.50. The number of rotatable bonds is 8. The van der Waals surface area contributed by atoms with Gasteiger partial charge in [0.1, 0.15) is 5.75 Å². The van der Waals surface area contributed by atoms with E-state index in [-0.39, 0.29) is 12.5 Å². The van der Waals surface area contributed by atoms with Crippen LogP contribution in [0.5, 0.6) is 5.75 Å². The average Bonchev–Trinajstić information content (AvgIpc) is 2.43. The molecule has 1 aromatic carbocycles. The summed E-state index contributed by atoms with van der Waals surface area (Å²) < 4.78 is 5.52. The Morgan fingerprint density at radius 3 is 2.67 bits per heavy atom. The second-order valence-corrected chi connectivity index (χ2v) is 3.85. The largest absolute Gasteiger partial charge is 0.494 e. The molecule has 0 aliphatic carbocycles. The van der Waals surface area contributed by atoms with Crippen molar-refractivity contribution < 1.29 is 14.6 Å². The summed E-state index contributed by atoms with van der Waals surface area (Å²) in [6.07, 6.45) is 3.01. The van der Waals surface area contributed by atoms with Crippen LogP contribution in [0.2, 0.25) is 0 Å². The molecular formula is C14H19NO3. The van der Waals surface area contributed by atoms with E-state index in [1.54, 1.807) is 0 Å². The zero-order valence-electron chi connectivity index (χ0n) is 10.4. The first-order valence-corrected chi connectivity index (χ1v) is 5.99. The number of unbranched alkanes of at least 4 members (excludes halogenated alkanes) is 1. The molecule has 1 rings (SSSR count). The van der Waals surface area contributed by atoms with Crippen molar-refractivity contribution in [3.8, 4) is 5.75 Å². The van der Waals surface area contributed by atoms with Gasteiger partial charge in [-0.05, 0) is 36.6 Å². The number of hydrogen-bond donors (Lipinski definition) is 2. The number of nitrogens with one attached hydrogen (secondary N) is 1. The third-order valence-electron chi connectivity index (χ3n) is 2.43. The molecule has 0 saturated heterocycles. The molecule has 0 saturated carbocycles. The highest BCUT2D eigenvalue weighted by Crippen LogP contribution is 2.12. The zero-order chi connectivity index (χ0) is 13.2. The molecule has 0 unspecified atom stereocenters. The molecule has 0 bridgehead atoms. The van der Waals surface area contributed by atoms with Gasteiger partial charge in [0, 0.05) is 6.54 Å². The van der Waals surface area contributed by atoms with Crippen LogP contribution in [0.25, 0.3) is 0 Å². The molecule has 4 nitrogen and oxygen atoms in total. The summed E-state index contributed by atoms with van der Waals surface area (Å²) in [6.45, 7) is 4.67. The summed E-state index contributed by atoms with van der Waals surface area (Å²) in [5.41, 5.74) is 0.870. The van der Waals surface area contributed by atoms with E-state index in [0.29, 0.717) is 13.2 Å². The van der Waals surface area contributed by atoms with Crippen LogP contribution in [0.15, 0.2) is 36.9 Å². The third-order valence-corrected chi connectivity index (χ3v) is 2.43. The fraction of sp³-hybridized carbons (Fsp3) is 0.357. The molecular weight excluding hydrogens is 230 g/mol. The van der Waals surface area contributed by atoms with E-state index in [1.165, 1.54) is 6.08 Å². The molecule has 0 aliphatic rings. The first kappa shape index (κ1) is 14.3. The van der Waals surface area contributed by atoms with E-state index < -0.39 is 0 Å². The van der Waals surface area contributed by atoms with Gasteiger partial charge in [0.2, 0.25) is 5.91 Å². The van der Waals surface area contributed by atoms with Crippen LogP contribution in [-0.4, -0.2) is 24.2 Å². The Balaban J connectivity index is 2.10. The number of ether oxygens (including phenoxy) is 1. The molecule has 0 heterocycles. The second-order valence-electron chi connectivity index (χ2n) is 3.85. The Hall–Kier alpha value is -1.81. The van der Waals surface area contributed by atoms with Crippen LogP contribution in [0.1, 0.15) is 18.4 Å². The van der Waals surface area contributed by atoms with Crippen LogP contribution in [0.3, 0.4) is 0 Å². The molecule has 0 fully saturated rings. The van der Waals surface area contributed by atoms with Gasteiger partial charge in [-0.25, -0.2) is 0 Å². The lowest BCUT2D eigenvalue weighted by Crippen LogP contribution is -2.22. The van der Waals surface area contributed by atoms with Crippen molar-refractivity contribution in [2.24, 2.45) is 0 Å². The SMILES string of the molecule is C=CC(=O)NCCCCOc1ccc(CO)cc1. The van der Waals surface area contributed by atoms with Crippen molar-refractivity contribution in [3.05, 3.63) is 42.5 Å². The smallest absolute Gasteiger partial charge is 0.243 e. The number of benzene rings is 1. The quantitative estimate of drug-likeness (QED) is 0.544. The first-order chi connectivity index (χ1) is 8.76. The lowest BCUT2D eigenvalue weighted by Gasteiger charge is -2.07. The maximum Gasteiger partial charge on any atom is 0.243 e. The van der Waals surface area contributed by atoms with E-state index in [2.05, 4.69) is 11.9 Å². The molecule has 98 valence electrons. The van der Waals surface area contributed by atoms with Crippen LogP contribution >= 0.6 is 0 Å². The van der Waals surface area contributed by atoms with Crippen molar-refractivity contribution in [2.75, 3.05) is 13.2 Å². The lowest BCUT2D eigenvalue weighted by atomic mass is 10.2. The summed E-state index contributed by atoms with van der Waals surface area (Å²) in [5, 5.41) is 11.6. The normalized spacial score (nSPS) is 9.83. The maximum atomic E-state index is 10.8. The van der Waals surface area contributed by atoms with Gasteiger partial charge in [-0.15, -0.1) is 0 Å². The van der Waals surface area contributed by atoms with Gasteiger partial charge < -0.3 is 15.2 Å². The predicted octanol–water partition coefficient (Wildman–Crippen LogP) is 1.64. The van der Waals surface area contributed by atoms with Gasteiger partial charge in [0.25, 0.3) is 0 Å². The summed E-state index contributed by atoms with van der Waals surface area (Å²) in [5.74, 6) is 0.651. The van der Waals surface area contributed by atoms with Crippen molar-refractivity contribution in [1.82, 2.24) is 5.32 Å². The molecule has 0 spiro atoms. The van der Waals surface area contributed by atoms with E-state index >= 15 is 0 Å². The summed E-state index contributed by atoms with van der Waals surface area (Å²) in [7, 11) is 0. The first-order valence-electron chi connectivity index (χ1n) is 5.99. The van der Waals surface area contributed by atoms with Crippen LogP contribution in [0.4, 0.5) is 0 Å². The van der Waals surface area contributed by atoms with Gasteiger partial charge in [0.05, 0.1) is 13.2 Å². The number of carbonyl (C=O) groups is 1. The highest BCUT2D eigenvalue weighted by atomic mass is 16.5. The molecule has 0 aliphatic heterocycles. The van der Waals surface area contributed by atoms with Crippen molar-refractivity contribution in [1.29, 1.82) is 0 Å². The maximum absolute atomic E-state index is 10.8. The van der Waals surface area contributed by atoms with Crippen LogP contribution in [0, 0.1) is 0 Å². The van der Waals surface area contributed by atoms with Gasteiger partial charge in [-0.1, -0.05) is 18.7 Å². The van der Waals surface area contributed by atoms with E-state index in [4.69, 9.17) is 9.84 Å². The molecule has 0 aromatic heterocycles. The topological polar surface area (TPSA) is 58.6 Å². The Kier molecular flexibility index (Phi) is 6.58. The second kappa shape index (κ2) is 8.31. The van der Waals surface area contributed by atoms with Gasteiger partial charge in [0.15, 0.2) is 0 Å². The molecule has 4 heteroatoms. The van der Waals surface area contributed by atoms with E-state index in [1.807, 2.05) is 24.3 Å². The highest BCUT2D eigenvalue weighted by Gasteiger charge is 1.96. The monoisotopic (exact) mass is 249 g/mol. The van der Waals surface area contributed by atoms with Crippen molar-refractivity contribution in [2.45, 2.75) is 19.4 Å². The Morgan fingerprint density at radius 1 is 1.33 bits per heavy atom. The molecule has 1 aromatic rings. The highest BCUT2D eigenvalue weighted by molar-refractivity contribution is 5.86. The molecule has 0 radical (unpaired) electrons. The zero-order valence-corrected chi connectivity index (χ0v) is 10.4. The summed E-state index contributed by atoms with van der Waals surface area (Å²) in [4.78, 5) is 10.8. The summed E-state index contributed by atoms with van der Waals surface area (Å²) >= 11 is 0. The minimum Gasteiger partial charge on any atom is -0.494 e. The predicted molar refractivity (Wildman–Crippen MR) is 70.3 cm³/mol. The number of aliphatic hydroxyl groups excluding tert-OH is 1.